The van der Waals surface area contributed by atoms with Gasteiger partial charge in [-0.1, -0.05) is 12.1 Å². The molecule has 0 atom stereocenters. The van der Waals surface area contributed by atoms with E-state index in [9.17, 15) is 5.26 Å². The first kappa shape index (κ1) is 19.6. The van der Waals surface area contributed by atoms with E-state index in [0.717, 1.165) is 55.4 Å². The Kier molecular flexibility index (Phi) is 4.25. The predicted molar refractivity (Wildman–Crippen MR) is 141 cm³/mol. The smallest absolute Gasteiger partial charge is 0.215 e. The maximum absolute atomic E-state index is 9.36. The Bertz CT molecular complexity index is 1820. The molecule has 0 bridgehead atoms. The van der Waals surface area contributed by atoms with Crippen molar-refractivity contribution in [3.05, 3.63) is 65.5 Å². The maximum atomic E-state index is 9.36. The highest BCUT2D eigenvalue weighted by Gasteiger charge is 2.17. The van der Waals surface area contributed by atoms with Crippen molar-refractivity contribution in [2.45, 2.75) is 0 Å². The first-order valence-electron chi connectivity index (χ1n) is 9.99. The number of fused-ring (bicyclic) bond motifs is 4. The minimum Gasteiger partial charge on any atom is -0.236 e. The Balaban J connectivity index is 1.37. The summed E-state index contributed by atoms with van der Waals surface area (Å²) in [6.45, 7) is 7.37. The van der Waals surface area contributed by atoms with E-state index < -0.39 is 0 Å². The highest BCUT2D eigenvalue weighted by atomic mass is 32.1. The highest BCUT2D eigenvalue weighted by Crippen LogP contribution is 2.43. The molecule has 0 fully saturated rings. The molecule has 0 N–H and O–H groups in total. The van der Waals surface area contributed by atoms with E-state index in [1.165, 1.54) is 20.2 Å². The fourth-order valence-electron chi connectivity index (χ4n) is 4.14. The summed E-state index contributed by atoms with van der Waals surface area (Å²) >= 11 is 5.71. The molecule has 0 aliphatic heterocycles. The molecule has 0 aliphatic carbocycles. The lowest BCUT2D eigenvalue weighted by Crippen LogP contribution is -1.82. The minimum atomic E-state index is 0.536. The third-order valence-corrected chi connectivity index (χ3v) is 9.06. The first-order valence-corrected chi connectivity index (χ1v) is 13.1. The third kappa shape index (κ3) is 2.81. The lowest BCUT2D eigenvalue weighted by atomic mass is 10.1. The Morgan fingerprint density at radius 1 is 0.706 bits per heavy atom. The van der Waals surface area contributed by atoms with E-state index in [2.05, 4.69) is 52.7 Å². The van der Waals surface area contributed by atoms with Gasteiger partial charge in [0.1, 0.15) is 28.1 Å². The second kappa shape index (κ2) is 7.35. The zero-order chi connectivity index (χ0) is 22.8. The Hall–Kier alpha value is -3.80. The Morgan fingerprint density at radius 2 is 1.26 bits per heavy atom. The molecule has 7 aromatic rings. The quantitative estimate of drug-likeness (QED) is 0.222. The van der Waals surface area contributed by atoms with Crippen LogP contribution in [0.5, 0.6) is 0 Å². The molecule has 0 saturated carbocycles. The Labute approximate surface area is 208 Å². The second-order valence-electron chi connectivity index (χ2n) is 7.59. The van der Waals surface area contributed by atoms with E-state index in [1.807, 2.05) is 24.3 Å². The Morgan fingerprint density at radius 3 is 1.88 bits per heavy atom. The van der Waals surface area contributed by atoms with Crippen LogP contribution in [0.2, 0.25) is 0 Å². The molecule has 34 heavy (non-hydrogen) atoms. The van der Waals surface area contributed by atoms with Gasteiger partial charge in [-0.05, 0) is 47.2 Å². The number of benzene rings is 3. The average molecular weight is 509 g/mol. The van der Waals surface area contributed by atoms with Crippen LogP contribution in [0.15, 0.2) is 48.5 Å². The molecular weight excluding hydrogens is 501 g/mol. The van der Waals surface area contributed by atoms with Gasteiger partial charge >= 0.3 is 0 Å². The lowest BCUT2D eigenvalue weighted by molar-refractivity contribution is 1.49. The summed E-state index contributed by atoms with van der Waals surface area (Å²) in [4.78, 5) is 5.80. The molecular formula is C24H8N6S4. The zero-order valence-electron chi connectivity index (χ0n) is 16.9. The predicted octanol–water partition coefficient (Wildman–Crippen LogP) is 7.88. The molecule has 0 saturated heterocycles. The number of thiophene rings is 2. The standard InChI is InChI=1S/C24H8N6S4/c1-26-16-5-4-15(23-24(16)30-34-29-23)20-9-13-7-17-12(6-18(13)32-20)8-19(31-17)14-3-2-11(10-25)21-22(14)28-33-27-21/h2-9H. The van der Waals surface area contributed by atoms with Crippen LogP contribution in [0.25, 0.3) is 68.0 Å². The van der Waals surface area contributed by atoms with Gasteiger partial charge < -0.3 is 0 Å². The summed E-state index contributed by atoms with van der Waals surface area (Å²) in [7, 11) is 0. The summed E-state index contributed by atoms with van der Waals surface area (Å²) in [6, 6.07) is 18.6. The SMILES string of the molecule is [C-]#[N+]c1ccc(-c2cc3cc4sc(-c5ccc(C#N)c6nsnc56)cc4cc3s2)c2nsnc12. The number of nitrogens with zero attached hydrogens (tertiary/aromatic N) is 6. The van der Waals surface area contributed by atoms with Crippen molar-refractivity contribution < 1.29 is 0 Å². The van der Waals surface area contributed by atoms with Crippen LogP contribution < -0.4 is 0 Å². The van der Waals surface area contributed by atoms with E-state index in [-0.39, 0.29) is 0 Å². The van der Waals surface area contributed by atoms with Crippen molar-refractivity contribution in [3.8, 4) is 27.0 Å². The molecule has 4 aromatic heterocycles. The third-order valence-electron chi connectivity index (χ3n) is 5.74. The van der Waals surface area contributed by atoms with Crippen molar-refractivity contribution >= 4 is 94.1 Å². The van der Waals surface area contributed by atoms with Crippen molar-refractivity contribution in [3.63, 3.8) is 0 Å². The first-order chi connectivity index (χ1) is 16.7. The van der Waals surface area contributed by atoms with Gasteiger partial charge in [0.05, 0.1) is 35.6 Å². The number of rotatable bonds is 2. The zero-order valence-corrected chi connectivity index (χ0v) is 20.2. The van der Waals surface area contributed by atoms with Gasteiger partial charge in [0.2, 0.25) is 5.69 Å². The van der Waals surface area contributed by atoms with E-state index >= 15 is 0 Å². The van der Waals surface area contributed by atoms with Gasteiger partial charge in [-0.3, -0.25) is 0 Å². The summed E-state index contributed by atoms with van der Waals surface area (Å²) in [5.41, 5.74) is 6.01. The van der Waals surface area contributed by atoms with Gasteiger partial charge in [-0.2, -0.15) is 22.8 Å². The average Bonchev–Trinajstić information content (AvgIpc) is 3.65. The molecule has 0 spiro atoms. The fraction of sp³-hybridized carbons (Fsp3) is 0. The summed E-state index contributed by atoms with van der Waals surface area (Å²) in [5, 5.41) is 11.7. The molecule has 10 heteroatoms. The van der Waals surface area contributed by atoms with Gasteiger partial charge in [-0.15, -0.1) is 22.7 Å². The van der Waals surface area contributed by atoms with Crippen LogP contribution in [0.3, 0.4) is 0 Å². The molecule has 3 aromatic carbocycles. The maximum Gasteiger partial charge on any atom is 0.215 e. The van der Waals surface area contributed by atoms with Crippen molar-refractivity contribution in [1.82, 2.24) is 17.5 Å². The van der Waals surface area contributed by atoms with Crippen LogP contribution in [-0.2, 0) is 0 Å². The molecule has 0 unspecified atom stereocenters. The topological polar surface area (TPSA) is 79.7 Å². The van der Waals surface area contributed by atoms with Crippen LogP contribution in [0, 0.1) is 17.9 Å². The van der Waals surface area contributed by atoms with Gasteiger partial charge in [0, 0.05) is 30.3 Å². The number of hydrogen-bond donors (Lipinski definition) is 0. The largest absolute Gasteiger partial charge is 0.236 e. The number of hydrogen-bond acceptors (Lipinski definition) is 9. The molecule has 6 nitrogen and oxygen atoms in total. The summed E-state index contributed by atoms with van der Waals surface area (Å²) in [6.07, 6.45) is 0. The molecule has 7 rings (SSSR count). The van der Waals surface area contributed by atoms with Crippen LogP contribution in [0.4, 0.5) is 5.69 Å². The number of aromatic nitrogens is 4. The summed E-state index contributed by atoms with van der Waals surface area (Å²) in [5.74, 6) is 0. The van der Waals surface area contributed by atoms with Crippen LogP contribution in [-0.4, -0.2) is 17.5 Å². The van der Waals surface area contributed by atoms with Crippen molar-refractivity contribution in [1.29, 1.82) is 5.26 Å². The normalized spacial score (nSPS) is 11.5. The monoisotopic (exact) mass is 508 g/mol. The lowest BCUT2D eigenvalue weighted by Gasteiger charge is -1.99. The molecule has 0 amide bonds. The van der Waals surface area contributed by atoms with Crippen LogP contribution >= 0.6 is 46.1 Å². The number of nitriles is 1. The van der Waals surface area contributed by atoms with Gasteiger partial charge in [0.25, 0.3) is 0 Å². The van der Waals surface area contributed by atoms with Crippen LogP contribution in [0.1, 0.15) is 5.56 Å². The van der Waals surface area contributed by atoms with E-state index in [0.29, 0.717) is 22.3 Å². The molecule has 4 heterocycles. The highest BCUT2D eigenvalue weighted by molar-refractivity contribution is 7.24. The van der Waals surface area contributed by atoms with Crippen molar-refractivity contribution in [2.75, 3.05) is 0 Å². The molecule has 0 radical (unpaired) electrons. The van der Waals surface area contributed by atoms with Gasteiger partial charge in [-0.25, -0.2) is 4.85 Å². The van der Waals surface area contributed by atoms with Crippen molar-refractivity contribution in [2.24, 2.45) is 0 Å². The molecule has 158 valence electrons. The fourth-order valence-corrected chi connectivity index (χ4v) is 7.52. The van der Waals surface area contributed by atoms with E-state index in [1.54, 1.807) is 22.7 Å². The second-order valence-corrected chi connectivity index (χ2v) is 10.8. The van der Waals surface area contributed by atoms with Gasteiger partial charge in [0.15, 0.2) is 0 Å². The van der Waals surface area contributed by atoms with E-state index in [4.69, 9.17) is 6.57 Å². The minimum absolute atomic E-state index is 0.536. The summed E-state index contributed by atoms with van der Waals surface area (Å²) < 4.78 is 20.0. The molecule has 0 aliphatic rings.